The van der Waals surface area contributed by atoms with Crippen LogP contribution in [0.15, 0.2) is 18.2 Å². The van der Waals surface area contributed by atoms with Gasteiger partial charge in [-0.1, -0.05) is 13.8 Å². The summed E-state index contributed by atoms with van der Waals surface area (Å²) in [5, 5.41) is 8.04. The van der Waals surface area contributed by atoms with Crippen molar-refractivity contribution in [1.29, 1.82) is 0 Å². The number of hydrogen-bond acceptors (Lipinski definition) is 9. The van der Waals surface area contributed by atoms with Gasteiger partial charge in [0.15, 0.2) is 5.78 Å². The number of anilines is 1. The van der Waals surface area contributed by atoms with E-state index in [1.165, 1.54) is 6.92 Å². The number of aryl methyl sites for hydroxylation is 1. The largest absolute Gasteiger partial charge is 0.462 e. The normalized spacial score (nSPS) is 20.3. The second kappa shape index (κ2) is 11.4. The minimum absolute atomic E-state index is 0.0207. The number of esters is 2. The number of fused-ring (bicyclic) bond motifs is 1. The second-order valence-corrected chi connectivity index (χ2v) is 12.0. The van der Waals surface area contributed by atoms with Gasteiger partial charge in [0.05, 0.1) is 34.6 Å². The number of rotatable bonds is 10. The molecule has 216 valence electrons. The molecule has 3 N–H and O–H groups in total. The van der Waals surface area contributed by atoms with Crippen molar-refractivity contribution in [3.63, 3.8) is 0 Å². The highest BCUT2D eigenvalue weighted by Crippen LogP contribution is 2.37. The number of carbonyl (C=O) groups is 4. The van der Waals surface area contributed by atoms with Crippen molar-refractivity contribution in [3.05, 3.63) is 40.7 Å². The maximum atomic E-state index is 12.8. The minimum Gasteiger partial charge on any atom is -0.462 e. The van der Waals surface area contributed by atoms with Crippen LogP contribution in [0.25, 0.3) is 5.69 Å². The van der Waals surface area contributed by atoms with Crippen LogP contribution in [-0.2, 0) is 25.5 Å². The molecular weight excluding hydrogens is 514 g/mol. The summed E-state index contributed by atoms with van der Waals surface area (Å²) in [5.41, 5.74) is 9.35. The van der Waals surface area contributed by atoms with E-state index in [1.807, 2.05) is 32.0 Å². The van der Waals surface area contributed by atoms with E-state index in [0.29, 0.717) is 54.7 Å². The van der Waals surface area contributed by atoms with E-state index in [1.54, 1.807) is 16.8 Å². The molecule has 2 aliphatic rings. The molecule has 1 atom stereocenters. The first-order valence-corrected chi connectivity index (χ1v) is 13.6. The van der Waals surface area contributed by atoms with Crippen molar-refractivity contribution in [2.75, 3.05) is 26.0 Å². The van der Waals surface area contributed by atoms with E-state index in [0.717, 1.165) is 11.4 Å². The molecule has 1 amide bonds. The van der Waals surface area contributed by atoms with Gasteiger partial charge in [0.25, 0.3) is 5.91 Å². The van der Waals surface area contributed by atoms with E-state index < -0.39 is 23.9 Å². The lowest BCUT2D eigenvalue weighted by atomic mass is 9.75. The molecule has 4 rings (SSSR count). The molecule has 0 saturated heterocycles. The van der Waals surface area contributed by atoms with Gasteiger partial charge in [0.2, 0.25) is 0 Å². The summed E-state index contributed by atoms with van der Waals surface area (Å²) in [7, 11) is 3.67. The predicted octanol–water partition coefficient (Wildman–Crippen LogP) is 2.80. The van der Waals surface area contributed by atoms with Crippen molar-refractivity contribution in [2.45, 2.75) is 78.0 Å². The smallest absolute Gasteiger partial charge is 0.309 e. The van der Waals surface area contributed by atoms with Gasteiger partial charge in [0, 0.05) is 44.5 Å². The molecule has 2 aromatic rings. The average Bonchev–Trinajstić information content (AvgIpc) is 3.11. The lowest BCUT2D eigenvalue weighted by molar-refractivity contribution is -0.160. The molecular formula is C29H39N5O6. The molecule has 1 aromatic heterocycles. The van der Waals surface area contributed by atoms with Crippen molar-refractivity contribution in [3.8, 4) is 5.69 Å². The van der Waals surface area contributed by atoms with E-state index in [4.69, 9.17) is 15.2 Å². The molecule has 11 nitrogen and oxygen atoms in total. The maximum absolute atomic E-state index is 12.8. The van der Waals surface area contributed by atoms with Crippen LogP contribution < -0.4 is 11.1 Å². The molecule has 40 heavy (non-hydrogen) atoms. The summed E-state index contributed by atoms with van der Waals surface area (Å²) in [6.07, 6.45) is 1.42. The SMILES string of the molecule is CC(=O)OC(CC(=O)OC1CC(Nc2cc(-n3nc(C)c4c3CC(C)(C)CC4=O)ccc2C(N)=O)C1)CN(C)C. The molecule has 1 saturated carbocycles. The van der Waals surface area contributed by atoms with Crippen LogP contribution in [0.5, 0.6) is 0 Å². The molecule has 0 radical (unpaired) electrons. The Balaban J connectivity index is 1.44. The van der Waals surface area contributed by atoms with Crippen molar-refractivity contribution < 1.29 is 28.7 Å². The first-order valence-electron chi connectivity index (χ1n) is 13.6. The minimum atomic E-state index is -0.576. The van der Waals surface area contributed by atoms with E-state index >= 15 is 0 Å². The number of nitrogens with zero attached hydrogens (tertiary/aromatic N) is 3. The number of benzene rings is 1. The van der Waals surface area contributed by atoms with E-state index in [2.05, 4.69) is 24.3 Å². The molecule has 2 aliphatic carbocycles. The summed E-state index contributed by atoms with van der Waals surface area (Å²) < 4.78 is 12.6. The van der Waals surface area contributed by atoms with Gasteiger partial charge in [-0.2, -0.15) is 5.10 Å². The second-order valence-electron chi connectivity index (χ2n) is 12.0. The monoisotopic (exact) mass is 553 g/mol. The first-order chi connectivity index (χ1) is 18.7. The molecule has 11 heteroatoms. The van der Waals surface area contributed by atoms with Crippen LogP contribution in [-0.4, -0.2) is 77.2 Å². The number of Topliss-reactive ketones (excluding diaryl/α,β-unsaturated/α-hetero) is 1. The average molecular weight is 554 g/mol. The van der Waals surface area contributed by atoms with Gasteiger partial charge in [-0.25, -0.2) is 4.68 Å². The Morgan fingerprint density at radius 3 is 2.55 bits per heavy atom. The molecule has 0 bridgehead atoms. The molecule has 0 spiro atoms. The Morgan fingerprint density at radius 2 is 1.93 bits per heavy atom. The molecule has 0 aliphatic heterocycles. The number of hydrogen-bond donors (Lipinski definition) is 2. The highest BCUT2D eigenvalue weighted by atomic mass is 16.6. The first kappa shape index (κ1) is 29.3. The highest BCUT2D eigenvalue weighted by Gasteiger charge is 2.36. The number of nitrogens with two attached hydrogens (primary N) is 1. The van der Waals surface area contributed by atoms with Crippen molar-refractivity contribution in [2.24, 2.45) is 11.1 Å². The topological polar surface area (TPSA) is 146 Å². The fourth-order valence-corrected chi connectivity index (χ4v) is 5.56. The van der Waals surface area contributed by atoms with Crippen LogP contribution in [0.2, 0.25) is 0 Å². The molecule has 1 fully saturated rings. The fraction of sp³-hybridized carbons (Fsp3) is 0.552. The van der Waals surface area contributed by atoms with Crippen molar-refractivity contribution >= 4 is 29.3 Å². The zero-order valence-electron chi connectivity index (χ0n) is 24.1. The van der Waals surface area contributed by atoms with Crippen molar-refractivity contribution in [1.82, 2.24) is 14.7 Å². The zero-order chi connectivity index (χ0) is 29.4. The van der Waals surface area contributed by atoms with Gasteiger partial charge < -0.3 is 25.4 Å². The number of ketones is 1. The third kappa shape index (κ3) is 6.70. The Labute approximate surface area is 234 Å². The molecule has 1 heterocycles. The quantitative estimate of drug-likeness (QED) is 0.424. The number of likely N-dealkylation sites (N-methyl/N-ethyl adjacent to an activating group) is 1. The van der Waals surface area contributed by atoms with Crippen LogP contribution in [0.3, 0.4) is 0 Å². The third-order valence-electron chi connectivity index (χ3n) is 7.28. The molecule has 1 unspecified atom stereocenters. The number of amides is 1. The lowest BCUT2D eigenvalue weighted by Gasteiger charge is -2.36. The van der Waals surface area contributed by atoms with Crippen LogP contribution in [0.4, 0.5) is 5.69 Å². The van der Waals surface area contributed by atoms with E-state index in [9.17, 15) is 19.2 Å². The number of aromatic nitrogens is 2. The fourth-order valence-electron chi connectivity index (χ4n) is 5.56. The van der Waals surface area contributed by atoms with Gasteiger partial charge in [0.1, 0.15) is 12.2 Å². The third-order valence-corrected chi connectivity index (χ3v) is 7.28. The summed E-state index contributed by atoms with van der Waals surface area (Å²) >= 11 is 0. The van der Waals surface area contributed by atoms with E-state index in [-0.39, 0.29) is 29.8 Å². The predicted molar refractivity (Wildman–Crippen MR) is 149 cm³/mol. The maximum Gasteiger partial charge on any atom is 0.309 e. The Hall–Kier alpha value is -3.73. The summed E-state index contributed by atoms with van der Waals surface area (Å²) in [6.45, 7) is 7.71. The number of carbonyl (C=O) groups excluding carboxylic acids is 4. The summed E-state index contributed by atoms with van der Waals surface area (Å²) in [5.74, 6) is -1.34. The van der Waals surface area contributed by atoms with Gasteiger partial charge in [-0.05, 0) is 51.1 Å². The van der Waals surface area contributed by atoms with Gasteiger partial charge in [-0.3, -0.25) is 19.2 Å². The standard InChI is InChI=1S/C29H39N5O6/c1-16-27-24(13-29(3,4)14-25(27)36)34(32-16)19-7-8-22(28(30)38)23(11-19)31-18-9-20(10-18)40-26(37)12-21(15-33(5)6)39-17(2)35/h7-8,11,18,20-21,31H,9-10,12-15H2,1-6H3,(H2,30,38). The number of primary amides is 1. The highest BCUT2D eigenvalue weighted by molar-refractivity contribution is 6.00. The lowest BCUT2D eigenvalue weighted by Crippen LogP contribution is -2.43. The van der Waals surface area contributed by atoms with Gasteiger partial charge in [-0.15, -0.1) is 0 Å². The Kier molecular flexibility index (Phi) is 8.34. The zero-order valence-corrected chi connectivity index (χ0v) is 24.1. The Morgan fingerprint density at radius 1 is 1.23 bits per heavy atom. The summed E-state index contributed by atoms with van der Waals surface area (Å²) in [6, 6.07) is 5.23. The van der Waals surface area contributed by atoms with Crippen LogP contribution in [0.1, 0.15) is 78.6 Å². The van der Waals surface area contributed by atoms with Crippen LogP contribution in [0, 0.1) is 12.3 Å². The van der Waals surface area contributed by atoms with Gasteiger partial charge >= 0.3 is 11.9 Å². The number of nitrogens with one attached hydrogen (secondary N) is 1. The molecule has 1 aromatic carbocycles. The van der Waals surface area contributed by atoms with Crippen LogP contribution >= 0.6 is 0 Å². The number of ether oxygens (including phenoxy) is 2. The Bertz CT molecular complexity index is 1320. The summed E-state index contributed by atoms with van der Waals surface area (Å²) in [4.78, 5) is 50.7.